The van der Waals surface area contributed by atoms with Crippen LogP contribution >= 0.6 is 0 Å². The Morgan fingerprint density at radius 1 is 0.826 bits per heavy atom. The summed E-state index contributed by atoms with van der Waals surface area (Å²) in [7, 11) is 0. The van der Waals surface area contributed by atoms with Crippen LogP contribution in [0.4, 0.5) is 0 Å². The first-order valence-corrected chi connectivity index (χ1v) is 9.74. The van der Waals surface area contributed by atoms with Crippen molar-refractivity contribution in [3.63, 3.8) is 0 Å². The van der Waals surface area contributed by atoms with Crippen molar-refractivity contribution in [1.82, 2.24) is 5.23 Å². The summed E-state index contributed by atoms with van der Waals surface area (Å²) in [5.41, 5.74) is 0. The first-order valence-electron chi connectivity index (χ1n) is 9.74. The number of Topliss-reactive ketones (excluding diaryl/α,β-unsaturated/α-hetero) is 1. The first kappa shape index (κ1) is 22.6. The Balaban J connectivity index is 3.54. The number of hydrogen-bond acceptors (Lipinski definition) is 4. The molecule has 0 rings (SSSR count). The molecular weight excluding hydrogens is 290 g/mol. The zero-order valence-corrected chi connectivity index (χ0v) is 15.6. The quantitative estimate of drug-likeness (QED) is 0.279. The molecule has 4 nitrogen and oxygen atoms in total. The Morgan fingerprint density at radius 3 is 1.65 bits per heavy atom. The van der Waals surface area contributed by atoms with Crippen LogP contribution in [-0.2, 0) is 4.79 Å². The molecule has 0 aliphatic rings. The van der Waals surface area contributed by atoms with E-state index in [9.17, 15) is 4.79 Å². The lowest BCUT2D eigenvalue weighted by atomic mass is 9.90. The molecule has 0 aliphatic heterocycles. The van der Waals surface area contributed by atoms with Gasteiger partial charge in [0.25, 0.3) is 0 Å². The molecule has 0 saturated heterocycles. The second kappa shape index (κ2) is 15.1. The Morgan fingerprint density at radius 2 is 1.26 bits per heavy atom. The summed E-state index contributed by atoms with van der Waals surface area (Å²) >= 11 is 0. The highest BCUT2D eigenvalue weighted by Crippen LogP contribution is 2.18. The Hall–Kier alpha value is -0.450. The van der Waals surface area contributed by atoms with Crippen molar-refractivity contribution in [2.45, 2.75) is 110 Å². The minimum atomic E-state index is -0.528. The van der Waals surface area contributed by atoms with E-state index in [4.69, 9.17) is 10.4 Å². The number of unbranched alkanes of at least 4 members (excludes halogenated alkanes) is 10. The van der Waals surface area contributed by atoms with Gasteiger partial charge in [0.2, 0.25) is 0 Å². The van der Waals surface area contributed by atoms with Gasteiger partial charge >= 0.3 is 0 Å². The summed E-state index contributed by atoms with van der Waals surface area (Å²) in [6.45, 7) is 5.84. The minimum Gasteiger partial charge on any atom is -0.299 e. The maximum atomic E-state index is 12.1. The zero-order chi connectivity index (χ0) is 17.5. The van der Waals surface area contributed by atoms with Crippen LogP contribution in [-0.4, -0.2) is 27.5 Å². The maximum Gasteiger partial charge on any atom is 0.137 e. The fraction of sp³-hybridized carbons (Fsp3) is 0.947. The third kappa shape index (κ3) is 11.7. The Labute approximate surface area is 143 Å². The molecule has 0 saturated carbocycles. The van der Waals surface area contributed by atoms with Gasteiger partial charge in [-0.05, 0) is 19.8 Å². The van der Waals surface area contributed by atoms with E-state index >= 15 is 0 Å². The van der Waals surface area contributed by atoms with Crippen LogP contribution in [0, 0.1) is 5.92 Å². The summed E-state index contributed by atoms with van der Waals surface area (Å²) in [6.07, 6.45) is 15.2. The molecule has 0 aromatic heterocycles. The van der Waals surface area contributed by atoms with E-state index in [0.29, 0.717) is 12.8 Å². The molecule has 2 atom stereocenters. The number of hydroxylamine groups is 2. The summed E-state index contributed by atoms with van der Waals surface area (Å²) in [4.78, 5) is 12.1. The van der Waals surface area contributed by atoms with Crippen LogP contribution in [0.15, 0.2) is 0 Å². The van der Waals surface area contributed by atoms with Crippen LogP contribution in [0.2, 0.25) is 0 Å². The minimum absolute atomic E-state index is 0.157. The normalized spacial score (nSPS) is 14.2. The van der Waals surface area contributed by atoms with E-state index < -0.39 is 6.04 Å². The highest BCUT2D eigenvalue weighted by Gasteiger charge is 2.26. The maximum absolute atomic E-state index is 12.1. The van der Waals surface area contributed by atoms with Crippen molar-refractivity contribution < 1.29 is 15.2 Å². The number of rotatable bonds is 16. The van der Waals surface area contributed by atoms with E-state index in [1.165, 1.54) is 57.8 Å². The van der Waals surface area contributed by atoms with Crippen molar-refractivity contribution in [1.29, 1.82) is 0 Å². The smallest absolute Gasteiger partial charge is 0.137 e. The van der Waals surface area contributed by atoms with E-state index in [-0.39, 0.29) is 16.9 Å². The molecule has 0 spiro atoms. The van der Waals surface area contributed by atoms with Crippen LogP contribution in [0.1, 0.15) is 104 Å². The predicted molar refractivity (Wildman–Crippen MR) is 94.7 cm³/mol. The molecule has 0 fully saturated rings. The van der Waals surface area contributed by atoms with Gasteiger partial charge in [-0.25, -0.2) is 0 Å². The molecular formula is C19H39NO3. The van der Waals surface area contributed by atoms with Crippen LogP contribution in [0.3, 0.4) is 0 Å². The summed E-state index contributed by atoms with van der Waals surface area (Å²) in [5, 5.41) is 18.3. The molecule has 0 amide bonds. The van der Waals surface area contributed by atoms with Crippen LogP contribution in [0.25, 0.3) is 0 Å². The van der Waals surface area contributed by atoms with E-state index in [1.54, 1.807) is 6.92 Å². The molecule has 0 aliphatic carbocycles. The largest absolute Gasteiger partial charge is 0.299 e. The second-order valence-corrected chi connectivity index (χ2v) is 6.83. The second-order valence-electron chi connectivity index (χ2n) is 6.83. The molecule has 2 unspecified atom stereocenters. The standard InChI is InChI=1S/C19H39NO3/c1-4-6-7-8-9-10-11-12-13-14-15-16-19(21)18(5-2)17(3)20(22)23/h17-18,22-23H,4-16H2,1-3H3. The summed E-state index contributed by atoms with van der Waals surface area (Å²) < 4.78 is 0. The first-order chi connectivity index (χ1) is 11.0. The van der Waals surface area contributed by atoms with Gasteiger partial charge in [-0.1, -0.05) is 83.3 Å². The van der Waals surface area contributed by atoms with Crippen molar-refractivity contribution in [3.05, 3.63) is 0 Å². The van der Waals surface area contributed by atoms with Gasteiger partial charge in [-0.3, -0.25) is 15.2 Å². The number of ketones is 1. The average Bonchev–Trinajstić information content (AvgIpc) is 2.53. The lowest BCUT2D eigenvalue weighted by molar-refractivity contribution is -0.334. The number of carbonyl (C=O) groups excluding carboxylic acids is 1. The third-order valence-corrected chi connectivity index (χ3v) is 4.83. The molecule has 138 valence electrons. The number of hydrogen-bond donors (Lipinski definition) is 2. The summed E-state index contributed by atoms with van der Waals surface area (Å²) in [6, 6.07) is -0.528. The molecule has 0 aromatic carbocycles. The number of carbonyl (C=O) groups is 1. The molecule has 0 radical (unpaired) electrons. The monoisotopic (exact) mass is 329 g/mol. The number of nitrogens with zero attached hydrogens (tertiary/aromatic N) is 1. The van der Waals surface area contributed by atoms with Crippen molar-refractivity contribution in [2.24, 2.45) is 5.92 Å². The van der Waals surface area contributed by atoms with Gasteiger partial charge in [0, 0.05) is 12.3 Å². The SMILES string of the molecule is CCCCCCCCCCCCCC(=O)C(CC)C(C)N(O)O. The van der Waals surface area contributed by atoms with E-state index in [0.717, 1.165) is 12.8 Å². The highest BCUT2D eigenvalue weighted by molar-refractivity contribution is 5.81. The predicted octanol–water partition coefficient (Wildman–Crippen LogP) is 5.75. The molecule has 4 heteroatoms. The Kier molecular flexibility index (Phi) is 14.8. The van der Waals surface area contributed by atoms with E-state index in [2.05, 4.69) is 6.92 Å². The average molecular weight is 330 g/mol. The van der Waals surface area contributed by atoms with E-state index in [1.807, 2.05) is 6.92 Å². The lowest BCUT2D eigenvalue weighted by Gasteiger charge is -2.24. The summed E-state index contributed by atoms with van der Waals surface area (Å²) in [5.74, 6) is -0.128. The van der Waals surface area contributed by atoms with Gasteiger partial charge in [0.15, 0.2) is 0 Å². The fourth-order valence-electron chi connectivity index (χ4n) is 3.15. The van der Waals surface area contributed by atoms with Crippen LogP contribution in [0.5, 0.6) is 0 Å². The molecule has 0 aromatic rings. The van der Waals surface area contributed by atoms with Gasteiger partial charge in [0.1, 0.15) is 5.78 Å². The molecule has 23 heavy (non-hydrogen) atoms. The fourth-order valence-corrected chi connectivity index (χ4v) is 3.15. The van der Waals surface area contributed by atoms with Gasteiger partial charge in [-0.2, -0.15) is 0 Å². The van der Waals surface area contributed by atoms with Crippen molar-refractivity contribution >= 4 is 5.78 Å². The Bertz CT molecular complexity index is 282. The molecule has 0 bridgehead atoms. The van der Waals surface area contributed by atoms with Crippen LogP contribution < -0.4 is 0 Å². The van der Waals surface area contributed by atoms with Gasteiger partial charge < -0.3 is 0 Å². The molecule has 0 heterocycles. The topological polar surface area (TPSA) is 60.8 Å². The third-order valence-electron chi connectivity index (χ3n) is 4.83. The zero-order valence-electron chi connectivity index (χ0n) is 15.6. The highest BCUT2D eigenvalue weighted by atomic mass is 16.8. The van der Waals surface area contributed by atoms with Gasteiger partial charge in [-0.15, -0.1) is 0 Å². The molecule has 2 N–H and O–H groups in total. The lowest BCUT2D eigenvalue weighted by Crippen LogP contribution is -2.37. The van der Waals surface area contributed by atoms with Crippen molar-refractivity contribution in [2.75, 3.05) is 0 Å². The van der Waals surface area contributed by atoms with Gasteiger partial charge in [0.05, 0.1) is 6.04 Å². The van der Waals surface area contributed by atoms with Crippen molar-refractivity contribution in [3.8, 4) is 0 Å².